The molecule has 0 saturated heterocycles. The molecule has 0 bridgehead atoms. The van der Waals surface area contributed by atoms with Gasteiger partial charge in [-0.2, -0.15) is 8.42 Å². The molecule has 230 valence electrons. The van der Waals surface area contributed by atoms with Crippen molar-refractivity contribution in [2.45, 2.75) is 18.7 Å². The minimum absolute atomic E-state index is 0.00169. The first-order valence-electron chi connectivity index (χ1n) is 14.2. The zero-order valence-corrected chi connectivity index (χ0v) is 27.1. The minimum atomic E-state index is -4.27. The molecule has 5 aromatic carbocycles. The molecule has 0 atom stereocenters. The van der Waals surface area contributed by atoms with E-state index >= 15 is 0 Å². The lowest BCUT2D eigenvalue weighted by atomic mass is 10.0. The van der Waals surface area contributed by atoms with Crippen molar-refractivity contribution < 1.29 is 12.8 Å². The highest BCUT2D eigenvalue weighted by Crippen LogP contribution is 2.36. The number of halogens is 3. The number of hydrogen-bond acceptors (Lipinski definition) is 3. The Morgan fingerprint density at radius 2 is 1.35 bits per heavy atom. The lowest BCUT2D eigenvalue weighted by Crippen LogP contribution is -2.34. The van der Waals surface area contributed by atoms with Gasteiger partial charge in [0.1, 0.15) is 11.6 Å². The SMILES string of the molecule is Cc1ccc(-c2cc3ccc(F)cc3c(N(/C(=N/S(=O)(=O)c3ccc(C)cc3)Nc3ccc(Cl)cc3)c3ccc(Cl)cc3)n2)cc1. The summed E-state index contributed by atoms with van der Waals surface area (Å²) in [7, 11) is -4.27. The normalized spacial score (nSPS) is 11.9. The largest absolute Gasteiger partial charge is 0.325 e. The molecule has 0 fully saturated rings. The molecule has 0 amide bonds. The van der Waals surface area contributed by atoms with E-state index in [0.717, 1.165) is 16.7 Å². The lowest BCUT2D eigenvalue weighted by Gasteiger charge is -2.28. The van der Waals surface area contributed by atoms with Gasteiger partial charge in [0.15, 0.2) is 0 Å². The highest BCUT2D eigenvalue weighted by molar-refractivity contribution is 7.90. The Labute approximate surface area is 276 Å². The zero-order chi connectivity index (χ0) is 32.4. The first kappa shape index (κ1) is 31.2. The van der Waals surface area contributed by atoms with Crippen molar-refractivity contribution in [3.8, 4) is 11.3 Å². The number of sulfonamides is 1. The molecule has 0 spiro atoms. The number of aromatic nitrogens is 1. The van der Waals surface area contributed by atoms with Gasteiger partial charge in [-0.1, -0.05) is 76.8 Å². The van der Waals surface area contributed by atoms with Crippen molar-refractivity contribution in [3.05, 3.63) is 148 Å². The number of rotatable bonds is 6. The number of pyridine rings is 1. The Balaban J connectivity index is 1.66. The maximum absolute atomic E-state index is 14.9. The number of nitrogens with zero attached hydrogens (tertiary/aromatic N) is 3. The Morgan fingerprint density at radius 1 is 0.761 bits per heavy atom. The fourth-order valence-electron chi connectivity index (χ4n) is 4.84. The van der Waals surface area contributed by atoms with Gasteiger partial charge in [-0.3, -0.25) is 4.90 Å². The number of guanidine groups is 1. The van der Waals surface area contributed by atoms with Gasteiger partial charge in [-0.05, 0) is 98.1 Å². The van der Waals surface area contributed by atoms with Crippen molar-refractivity contribution in [2.75, 3.05) is 10.2 Å². The van der Waals surface area contributed by atoms with E-state index in [4.69, 9.17) is 28.2 Å². The molecule has 1 heterocycles. The van der Waals surface area contributed by atoms with E-state index in [1.165, 1.54) is 24.3 Å². The number of nitrogens with one attached hydrogen (secondary N) is 1. The average molecular weight is 670 g/mol. The second-order valence-electron chi connectivity index (χ2n) is 10.7. The van der Waals surface area contributed by atoms with Crippen LogP contribution >= 0.6 is 23.2 Å². The van der Waals surface area contributed by atoms with E-state index in [9.17, 15) is 12.8 Å². The van der Waals surface area contributed by atoms with E-state index in [1.807, 2.05) is 44.2 Å². The summed E-state index contributed by atoms with van der Waals surface area (Å²) in [5.74, 6) is -0.343. The van der Waals surface area contributed by atoms with Crippen LogP contribution in [0.5, 0.6) is 0 Å². The highest BCUT2D eigenvalue weighted by atomic mass is 35.5. The van der Waals surface area contributed by atoms with Crippen LogP contribution in [0.4, 0.5) is 21.6 Å². The molecule has 0 radical (unpaired) electrons. The summed E-state index contributed by atoms with van der Waals surface area (Å²) in [6, 6.07) is 34.1. The van der Waals surface area contributed by atoms with Gasteiger partial charge in [0.05, 0.1) is 16.3 Å². The van der Waals surface area contributed by atoms with Gasteiger partial charge >= 0.3 is 0 Å². The van der Waals surface area contributed by atoms with Crippen LogP contribution in [0.3, 0.4) is 0 Å². The summed E-state index contributed by atoms with van der Waals surface area (Å²) in [6.07, 6.45) is 0. The standard InChI is InChI=1S/C36H27Cl2FN4O2S/c1-23-3-7-25(8-4-23)34-21-26-9-14-29(39)22-33(26)35(41-34)43(31-17-12-28(38)13-18-31)36(40-30-15-10-27(37)11-16-30)42-46(44,45)32-19-5-24(2)6-20-32/h3-22H,1-2H3,(H,40,42). The van der Waals surface area contributed by atoms with Crippen LogP contribution in [0.2, 0.25) is 10.0 Å². The third-order valence-electron chi connectivity index (χ3n) is 7.26. The van der Waals surface area contributed by atoms with Crippen molar-refractivity contribution >= 4 is 67.1 Å². The number of hydrogen-bond donors (Lipinski definition) is 1. The van der Waals surface area contributed by atoms with Crippen LogP contribution in [0.1, 0.15) is 11.1 Å². The van der Waals surface area contributed by atoms with Gasteiger partial charge < -0.3 is 5.32 Å². The van der Waals surface area contributed by atoms with Crippen molar-refractivity contribution in [3.63, 3.8) is 0 Å². The van der Waals surface area contributed by atoms with E-state index < -0.39 is 15.8 Å². The van der Waals surface area contributed by atoms with Crippen LogP contribution in [0.15, 0.2) is 131 Å². The third-order valence-corrected chi connectivity index (χ3v) is 9.04. The first-order chi connectivity index (χ1) is 22.1. The molecular formula is C36H27Cl2FN4O2S. The van der Waals surface area contributed by atoms with Gasteiger partial charge in [0.25, 0.3) is 10.0 Å². The topological polar surface area (TPSA) is 74.7 Å². The zero-order valence-electron chi connectivity index (χ0n) is 24.7. The van der Waals surface area contributed by atoms with Crippen LogP contribution in [-0.4, -0.2) is 19.4 Å². The monoisotopic (exact) mass is 668 g/mol. The Bertz CT molecular complexity index is 2170. The van der Waals surface area contributed by atoms with Crippen LogP contribution in [0.25, 0.3) is 22.0 Å². The molecule has 0 saturated carbocycles. The summed E-state index contributed by atoms with van der Waals surface area (Å²) in [5.41, 5.74) is 4.38. The minimum Gasteiger partial charge on any atom is -0.325 e. The second-order valence-corrected chi connectivity index (χ2v) is 13.2. The molecule has 0 unspecified atom stereocenters. The molecular weight excluding hydrogens is 642 g/mol. The Kier molecular flexibility index (Phi) is 8.77. The molecule has 6 rings (SSSR count). The molecule has 6 aromatic rings. The predicted octanol–water partition coefficient (Wildman–Crippen LogP) is 9.96. The number of benzene rings is 5. The molecule has 0 aliphatic rings. The highest BCUT2D eigenvalue weighted by Gasteiger charge is 2.26. The summed E-state index contributed by atoms with van der Waals surface area (Å²) in [5, 5.41) is 5.26. The number of fused-ring (bicyclic) bond motifs is 1. The fraction of sp³-hybridized carbons (Fsp3) is 0.0556. The summed E-state index contributed by atoms with van der Waals surface area (Å²) in [6.45, 7) is 3.86. The van der Waals surface area contributed by atoms with Crippen LogP contribution in [-0.2, 0) is 10.0 Å². The smallest absolute Gasteiger partial charge is 0.285 e. The molecule has 0 aliphatic carbocycles. The fourth-order valence-corrected chi connectivity index (χ4v) is 6.03. The molecule has 10 heteroatoms. The van der Waals surface area contributed by atoms with E-state index in [0.29, 0.717) is 37.9 Å². The molecule has 46 heavy (non-hydrogen) atoms. The molecule has 1 aromatic heterocycles. The number of anilines is 3. The third kappa shape index (κ3) is 6.89. The quantitative estimate of drug-likeness (QED) is 0.141. The second kappa shape index (κ2) is 12.9. The first-order valence-corrected chi connectivity index (χ1v) is 16.4. The summed E-state index contributed by atoms with van der Waals surface area (Å²) < 4.78 is 47.0. The maximum Gasteiger partial charge on any atom is 0.285 e. The Hall–Kier alpha value is -4.76. The summed E-state index contributed by atoms with van der Waals surface area (Å²) >= 11 is 12.4. The average Bonchev–Trinajstić information content (AvgIpc) is 3.03. The summed E-state index contributed by atoms with van der Waals surface area (Å²) in [4.78, 5) is 6.57. The van der Waals surface area contributed by atoms with Gasteiger partial charge in [-0.15, -0.1) is 4.40 Å². The predicted molar refractivity (Wildman–Crippen MR) is 186 cm³/mol. The van der Waals surface area contributed by atoms with Gasteiger partial charge in [-0.25, -0.2) is 9.37 Å². The van der Waals surface area contributed by atoms with Crippen LogP contribution in [0, 0.1) is 19.7 Å². The van der Waals surface area contributed by atoms with Gasteiger partial charge in [0.2, 0.25) is 5.96 Å². The van der Waals surface area contributed by atoms with Crippen molar-refractivity contribution in [1.29, 1.82) is 0 Å². The number of aryl methyl sites for hydroxylation is 2. The molecule has 1 N–H and O–H groups in total. The van der Waals surface area contributed by atoms with Crippen LogP contribution < -0.4 is 10.2 Å². The van der Waals surface area contributed by atoms with Gasteiger partial charge in [0, 0.05) is 26.7 Å². The molecule has 6 nitrogen and oxygen atoms in total. The van der Waals surface area contributed by atoms with Crippen molar-refractivity contribution in [2.24, 2.45) is 4.40 Å². The van der Waals surface area contributed by atoms with Crippen molar-refractivity contribution in [1.82, 2.24) is 4.98 Å². The van der Waals surface area contributed by atoms with E-state index in [2.05, 4.69) is 9.71 Å². The van der Waals surface area contributed by atoms with E-state index in [-0.39, 0.29) is 16.7 Å². The molecule has 0 aliphatic heterocycles. The lowest BCUT2D eigenvalue weighted by molar-refractivity contribution is 0.598. The Morgan fingerprint density at radius 3 is 1.98 bits per heavy atom. The van der Waals surface area contributed by atoms with E-state index in [1.54, 1.807) is 71.6 Å². The maximum atomic E-state index is 14.9.